The topological polar surface area (TPSA) is 23.8 Å². The van der Waals surface area contributed by atoms with Crippen molar-refractivity contribution in [1.29, 1.82) is 5.26 Å². The van der Waals surface area contributed by atoms with Crippen molar-refractivity contribution in [3.8, 4) is 6.07 Å². The Morgan fingerprint density at radius 2 is 1.60 bits per heavy atom. The molecule has 0 radical (unpaired) electrons. The van der Waals surface area contributed by atoms with Gasteiger partial charge in [-0.05, 0) is 32.1 Å². The Labute approximate surface area is 93.8 Å². The highest BCUT2D eigenvalue weighted by Crippen LogP contribution is 2.00. The first-order valence-corrected chi connectivity index (χ1v) is 5.76. The number of nitriles is 1. The molecule has 0 aliphatic carbocycles. The summed E-state index contributed by atoms with van der Waals surface area (Å²) in [6.45, 7) is 2.20. The van der Waals surface area contributed by atoms with Gasteiger partial charge in [0.05, 0.1) is 6.07 Å². The van der Waals surface area contributed by atoms with Gasteiger partial charge in [0.2, 0.25) is 0 Å². The average Bonchev–Trinajstić information content (AvgIpc) is 2.26. The van der Waals surface area contributed by atoms with Crippen LogP contribution in [-0.2, 0) is 0 Å². The standard InChI is InChI=1S/C14H21N/c1-2-3-4-5-6-7-8-9-10-11-12-13-14-15/h4-5,9-10,12-13H,2-3,6-8,11H2,1H3/b5-4+,10-9+,13-12+. The number of unbranched alkanes of at least 4 members (excludes halogenated alkanes) is 3. The van der Waals surface area contributed by atoms with Gasteiger partial charge < -0.3 is 0 Å². The molecule has 0 unspecified atom stereocenters. The lowest BCUT2D eigenvalue weighted by atomic mass is 10.2. The zero-order valence-corrected chi connectivity index (χ0v) is 9.65. The van der Waals surface area contributed by atoms with Crippen LogP contribution in [0.5, 0.6) is 0 Å². The van der Waals surface area contributed by atoms with E-state index in [4.69, 9.17) is 5.26 Å². The summed E-state index contributed by atoms with van der Waals surface area (Å²) in [7, 11) is 0. The molecule has 15 heavy (non-hydrogen) atoms. The van der Waals surface area contributed by atoms with E-state index < -0.39 is 0 Å². The third-order valence-corrected chi connectivity index (χ3v) is 1.99. The van der Waals surface area contributed by atoms with Gasteiger partial charge in [0.25, 0.3) is 0 Å². The van der Waals surface area contributed by atoms with Crippen LogP contribution in [0.4, 0.5) is 0 Å². The molecule has 82 valence electrons. The molecule has 0 aliphatic heterocycles. The summed E-state index contributed by atoms with van der Waals surface area (Å²) < 4.78 is 0. The summed E-state index contributed by atoms with van der Waals surface area (Å²) in [5.41, 5.74) is 0. The van der Waals surface area contributed by atoms with E-state index >= 15 is 0 Å². The molecule has 1 nitrogen and oxygen atoms in total. The van der Waals surface area contributed by atoms with Crippen molar-refractivity contribution in [1.82, 2.24) is 0 Å². The number of rotatable bonds is 8. The molecule has 0 fully saturated rings. The van der Waals surface area contributed by atoms with Crippen molar-refractivity contribution < 1.29 is 0 Å². The fourth-order valence-electron chi connectivity index (χ4n) is 1.17. The SMILES string of the molecule is CCC/C=C/CCC/C=C/C/C=C/C#N. The van der Waals surface area contributed by atoms with Gasteiger partial charge in [-0.3, -0.25) is 0 Å². The number of allylic oxidation sites excluding steroid dienone is 6. The molecule has 0 bridgehead atoms. The predicted octanol–water partition coefficient (Wildman–Crippen LogP) is 4.54. The van der Waals surface area contributed by atoms with Crippen LogP contribution in [0.1, 0.15) is 45.4 Å². The zero-order chi connectivity index (χ0) is 11.2. The van der Waals surface area contributed by atoms with Crippen molar-refractivity contribution in [3.63, 3.8) is 0 Å². The Morgan fingerprint density at radius 1 is 0.933 bits per heavy atom. The van der Waals surface area contributed by atoms with Crippen molar-refractivity contribution in [2.24, 2.45) is 0 Å². The first kappa shape index (κ1) is 13.7. The van der Waals surface area contributed by atoms with E-state index in [0.29, 0.717) is 0 Å². The van der Waals surface area contributed by atoms with Gasteiger partial charge in [0.1, 0.15) is 0 Å². The minimum Gasteiger partial charge on any atom is -0.193 e. The smallest absolute Gasteiger partial charge is 0.0908 e. The molecule has 0 atom stereocenters. The first-order valence-electron chi connectivity index (χ1n) is 5.76. The molecule has 0 saturated carbocycles. The highest BCUT2D eigenvalue weighted by molar-refractivity contribution is 5.04. The van der Waals surface area contributed by atoms with Gasteiger partial charge in [-0.2, -0.15) is 5.26 Å². The van der Waals surface area contributed by atoms with Gasteiger partial charge >= 0.3 is 0 Å². The van der Waals surface area contributed by atoms with Crippen molar-refractivity contribution >= 4 is 0 Å². The van der Waals surface area contributed by atoms with Crippen molar-refractivity contribution in [2.45, 2.75) is 45.4 Å². The summed E-state index contributed by atoms with van der Waals surface area (Å²) in [5.74, 6) is 0. The molecule has 0 aliphatic rings. The fourth-order valence-corrected chi connectivity index (χ4v) is 1.17. The Kier molecular flexibility index (Phi) is 11.6. The maximum atomic E-state index is 8.24. The molecule has 1 heteroatoms. The third-order valence-electron chi connectivity index (χ3n) is 1.99. The van der Waals surface area contributed by atoms with E-state index in [1.807, 2.05) is 12.1 Å². The summed E-state index contributed by atoms with van der Waals surface area (Å²) in [5, 5.41) is 8.24. The average molecular weight is 203 g/mol. The first-order chi connectivity index (χ1) is 7.41. The minimum atomic E-state index is 0.874. The minimum absolute atomic E-state index is 0.874. The Hall–Kier alpha value is -1.29. The van der Waals surface area contributed by atoms with E-state index in [1.165, 1.54) is 31.8 Å². The van der Waals surface area contributed by atoms with Crippen molar-refractivity contribution in [2.75, 3.05) is 0 Å². The second-order valence-corrected chi connectivity index (χ2v) is 3.43. The largest absolute Gasteiger partial charge is 0.193 e. The van der Waals surface area contributed by atoms with Gasteiger partial charge in [-0.25, -0.2) is 0 Å². The Bertz CT molecular complexity index is 241. The number of hydrogen-bond donors (Lipinski definition) is 0. The lowest BCUT2D eigenvalue weighted by Gasteiger charge is -1.90. The molecule has 0 rings (SSSR count). The van der Waals surface area contributed by atoms with Crippen molar-refractivity contribution in [3.05, 3.63) is 36.5 Å². The monoisotopic (exact) mass is 203 g/mol. The predicted molar refractivity (Wildman–Crippen MR) is 66.4 cm³/mol. The van der Waals surface area contributed by atoms with Crippen LogP contribution >= 0.6 is 0 Å². The second-order valence-electron chi connectivity index (χ2n) is 3.43. The van der Waals surface area contributed by atoms with Gasteiger partial charge in [-0.15, -0.1) is 0 Å². The van der Waals surface area contributed by atoms with Crippen LogP contribution in [0.25, 0.3) is 0 Å². The summed E-state index contributed by atoms with van der Waals surface area (Å²) in [4.78, 5) is 0. The summed E-state index contributed by atoms with van der Waals surface area (Å²) in [6.07, 6.45) is 19.1. The van der Waals surface area contributed by atoms with E-state index in [0.717, 1.165) is 12.8 Å². The molecular weight excluding hydrogens is 182 g/mol. The summed E-state index contributed by atoms with van der Waals surface area (Å²) >= 11 is 0. The van der Waals surface area contributed by atoms with Crippen LogP contribution < -0.4 is 0 Å². The normalized spacial score (nSPS) is 11.7. The van der Waals surface area contributed by atoms with E-state index in [-0.39, 0.29) is 0 Å². The van der Waals surface area contributed by atoms with Gasteiger partial charge in [0, 0.05) is 6.08 Å². The second kappa shape index (κ2) is 12.7. The van der Waals surface area contributed by atoms with Crippen LogP contribution in [-0.4, -0.2) is 0 Å². The van der Waals surface area contributed by atoms with Crippen LogP contribution in [0.2, 0.25) is 0 Å². The third kappa shape index (κ3) is 12.7. The lowest BCUT2D eigenvalue weighted by molar-refractivity contribution is 0.857. The molecule has 0 N–H and O–H groups in total. The molecular formula is C14H21N. The van der Waals surface area contributed by atoms with Crippen LogP contribution in [0, 0.1) is 11.3 Å². The molecule has 0 aromatic rings. The van der Waals surface area contributed by atoms with E-state index in [2.05, 4.69) is 31.2 Å². The maximum absolute atomic E-state index is 8.24. The number of hydrogen-bond acceptors (Lipinski definition) is 1. The summed E-state index contributed by atoms with van der Waals surface area (Å²) in [6, 6.07) is 1.97. The lowest BCUT2D eigenvalue weighted by Crippen LogP contribution is -1.70. The Balaban J connectivity index is 3.24. The molecule has 0 aromatic heterocycles. The Morgan fingerprint density at radius 3 is 2.27 bits per heavy atom. The highest BCUT2D eigenvalue weighted by atomic mass is 14.2. The van der Waals surface area contributed by atoms with E-state index in [1.54, 1.807) is 0 Å². The molecule has 0 amide bonds. The van der Waals surface area contributed by atoms with Crippen LogP contribution in [0.15, 0.2) is 36.5 Å². The van der Waals surface area contributed by atoms with Crippen LogP contribution in [0.3, 0.4) is 0 Å². The van der Waals surface area contributed by atoms with Gasteiger partial charge in [0.15, 0.2) is 0 Å². The molecule has 0 heterocycles. The molecule has 0 saturated heterocycles. The highest BCUT2D eigenvalue weighted by Gasteiger charge is 1.80. The quantitative estimate of drug-likeness (QED) is 0.323. The van der Waals surface area contributed by atoms with E-state index in [9.17, 15) is 0 Å². The number of nitrogens with zero attached hydrogens (tertiary/aromatic N) is 1. The fraction of sp³-hybridized carbons (Fsp3) is 0.500. The molecule has 0 aromatic carbocycles. The molecule has 0 spiro atoms. The zero-order valence-electron chi connectivity index (χ0n) is 9.65. The maximum Gasteiger partial charge on any atom is 0.0908 e. The van der Waals surface area contributed by atoms with Gasteiger partial charge in [-0.1, -0.05) is 43.7 Å².